The number of rotatable bonds is 4. The normalized spacial score (nSPS) is 10.5. The highest BCUT2D eigenvalue weighted by atomic mass is 79.9. The van der Waals surface area contributed by atoms with E-state index in [-0.39, 0.29) is 0 Å². The van der Waals surface area contributed by atoms with Crippen molar-refractivity contribution >= 4 is 33.9 Å². The number of nitrogens with one attached hydrogen (secondary N) is 1. The van der Waals surface area contributed by atoms with E-state index in [9.17, 15) is 9.59 Å². The van der Waals surface area contributed by atoms with E-state index in [1.165, 1.54) is 12.2 Å². The topological polar surface area (TPSA) is 79.5 Å². The second-order valence-electron chi connectivity index (χ2n) is 2.59. The fourth-order valence-electron chi connectivity index (χ4n) is 0.797. The molecule has 0 bridgehead atoms. The number of carboxylic acid groups (broad SMARTS) is 1. The first-order chi connectivity index (χ1) is 7.08. The van der Waals surface area contributed by atoms with E-state index in [1.54, 1.807) is 12.1 Å². The predicted molar refractivity (Wildman–Crippen MR) is 56.1 cm³/mol. The zero-order chi connectivity index (χ0) is 11.3. The number of halogens is 1. The summed E-state index contributed by atoms with van der Waals surface area (Å²) in [6.07, 6.45) is 2.65. The van der Waals surface area contributed by atoms with Gasteiger partial charge in [-0.1, -0.05) is 0 Å². The molecule has 0 saturated carbocycles. The molecule has 1 heterocycles. The molecule has 0 unspecified atom stereocenters. The Bertz CT molecular complexity index is 397. The van der Waals surface area contributed by atoms with E-state index in [2.05, 4.69) is 21.2 Å². The lowest BCUT2D eigenvalue weighted by Gasteiger charge is -1.94. The third kappa shape index (κ3) is 4.46. The average molecular weight is 274 g/mol. The zero-order valence-electron chi connectivity index (χ0n) is 7.57. The molecule has 80 valence electrons. The summed E-state index contributed by atoms with van der Waals surface area (Å²) in [7, 11) is 0. The summed E-state index contributed by atoms with van der Waals surface area (Å²) < 4.78 is 5.66. The maximum Gasteiger partial charge on any atom is 0.322 e. The molecule has 0 spiro atoms. The molecule has 0 fully saturated rings. The number of furan rings is 1. The van der Waals surface area contributed by atoms with Crippen LogP contribution in [-0.4, -0.2) is 23.5 Å². The fourth-order valence-corrected chi connectivity index (χ4v) is 1.12. The highest BCUT2D eigenvalue weighted by Crippen LogP contribution is 2.14. The predicted octanol–water partition coefficient (Wildman–Crippen LogP) is 1.26. The van der Waals surface area contributed by atoms with Crippen molar-refractivity contribution in [3.8, 4) is 0 Å². The largest absolute Gasteiger partial charge is 0.480 e. The summed E-state index contributed by atoms with van der Waals surface area (Å²) in [4.78, 5) is 21.1. The molecule has 0 aliphatic rings. The number of carbonyl (C=O) groups excluding carboxylic acids is 1. The average Bonchev–Trinajstić information content (AvgIpc) is 2.58. The van der Waals surface area contributed by atoms with Crippen LogP contribution in [0.2, 0.25) is 0 Å². The van der Waals surface area contributed by atoms with Gasteiger partial charge < -0.3 is 14.8 Å². The maximum absolute atomic E-state index is 11.0. The van der Waals surface area contributed by atoms with Gasteiger partial charge in [0.1, 0.15) is 12.3 Å². The van der Waals surface area contributed by atoms with Gasteiger partial charge in [0.05, 0.1) is 0 Å². The van der Waals surface area contributed by atoms with Gasteiger partial charge in [-0.15, -0.1) is 0 Å². The minimum absolute atomic E-state index is 0.398. The fraction of sp³-hybridized carbons (Fsp3) is 0.111. The first kappa shape index (κ1) is 11.5. The first-order valence-corrected chi connectivity index (χ1v) is 4.80. The van der Waals surface area contributed by atoms with Gasteiger partial charge in [0.2, 0.25) is 5.91 Å². The standard InChI is InChI=1S/C9H8BrNO4/c10-7-3-1-6(15-7)2-4-8(12)11-5-9(13)14/h1-4H,5H2,(H,11,12)(H,13,14)/b4-2+. The van der Waals surface area contributed by atoms with Crippen LogP contribution in [0.1, 0.15) is 5.76 Å². The minimum atomic E-state index is -1.09. The Labute approximate surface area is 93.9 Å². The van der Waals surface area contributed by atoms with E-state index in [0.717, 1.165) is 0 Å². The number of hydrogen-bond donors (Lipinski definition) is 2. The van der Waals surface area contributed by atoms with Gasteiger partial charge in [0.15, 0.2) is 4.67 Å². The Morgan fingerprint density at radius 3 is 2.80 bits per heavy atom. The van der Waals surface area contributed by atoms with Crippen LogP contribution in [0.15, 0.2) is 27.3 Å². The van der Waals surface area contributed by atoms with Gasteiger partial charge in [-0.05, 0) is 34.1 Å². The molecule has 15 heavy (non-hydrogen) atoms. The van der Waals surface area contributed by atoms with Crippen molar-refractivity contribution < 1.29 is 19.1 Å². The van der Waals surface area contributed by atoms with Gasteiger partial charge in [-0.2, -0.15) is 0 Å². The lowest BCUT2D eigenvalue weighted by molar-refractivity contribution is -0.137. The van der Waals surface area contributed by atoms with Crippen LogP contribution in [0.25, 0.3) is 6.08 Å². The second kappa shape index (κ2) is 5.35. The summed E-state index contributed by atoms with van der Waals surface area (Å²) in [5.74, 6) is -1.06. The molecule has 1 aromatic rings. The first-order valence-electron chi connectivity index (χ1n) is 4.01. The van der Waals surface area contributed by atoms with E-state index in [1.807, 2.05) is 0 Å². The lowest BCUT2D eigenvalue weighted by Crippen LogP contribution is -2.27. The maximum atomic E-state index is 11.0. The van der Waals surface area contributed by atoms with Crippen LogP contribution < -0.4 is 5.32 Å². The quantitative estimate of drug-likeness (QED) is 0.810. The lowest BCUT2D eigenvalue weighted by atomic mass is 10.4. The van der Waals surface area contributed by atoms with Crippen LogP contribution >= 0.6 is 15.9 Å². The van der Waals surface area contributed by atoms with Crippen molar-refractivity contribution in [3.63, 3.8) is 0 Å². The van der Waals surface area contributed by atoms with Gasteiger partial charge in [-0.25, -0.2) is 0 Å². The van der Waals surface area contributed by atoms with Gasteiger partial charge in [0.25, 0.3) is 0 Å². The van der Waals surface area contributed by atoms with Gasteiger partial charge in [0, 0.05) is 6.08 Å². The van der Waals surface area contributed by atoms with Crippen LogP contribution in [0, 0.1) is 0 Å². The molecule has 0 radical (unpaired) electrons. The van der Waals surface area contributed by atoms with Crippen molar-refractivity contribution in [2.45, 2.75) is 0 Å². The molecule has 0 aliphatic carbocycles. The molecule has 1 amide bonds. The van der Waals surface area contributed by atoms with Crippen LogP contribution in [0.5, 0.6) is 0 Å². The van der Waals surface area contributed by atoms with Crippen LogP contribution in [0.3, 0.4) is 0 Å². The number of carbonyl (C=O) groups is 2. The Hall–Kier alpha value is -1.56. The van der Waals surface area contributed by atoms with Crippen molar-refractivity contribution in [1.29, 1.82) is 0 Å². The highest BCUT2D eigenvalue weighted by Gasteiger charge is 2.00. The van der Waals surface area contributed by atoms with Gasteiger partial charge in [-0.3, -0.25) is 9.59 Å². The Balaban J connectivity index is 2.44. The SMILES string of the molecule is O=C(O)CNC(=O)/C=C/c1ccc(Br)o1. The van der Waals surface area contributed by atoms with Gasteiger partial charge >= 0.3 is 5.97 Å². The van der Waals surface area contributed by atoms with E-state index in [0.29, 0.717) is 10.4 Å². The Kier molecular flexibility index (Phi) is 4.11. The summed E-state index contributed by atoms with van der Waals surface area (Å²) in [5.41, 5.74) is 0. The third-order valence-electron chi connectivity index (χ3n) is 1.41. The minimum Gasteiger partial charge on any atom is -0.480 e. The zero-order valence-corrected chi connectivity index (χ0v) is 9.15. The smallest absolute Gasteiger partial charge is 0.322 e. The third-order valence-corrected chi connectivity index (χ3v) is 1.83. The summed E-state index contributed by atoms with van der Waals surface area (Å²) >= 11 is 3.11. The van der Waals surface area contributed by atoms with Crippen molar-refractivity contribution in [1.82, 2.24) is 5.32 Å². The molecule has 5 nitrogen and oxygen atoms in total. The van der Waals surface area contributed by atoms with E-state index < -0.39 is 18.4 Å². The number of carboxylic acids is 1. The number of aliphatic carboxylic acids is 1. The molecule has 2 N–H and O–H groups in total. The van der Waals surface area contributed by atoms with Crippen LogP contribution in [0.4, 0.5) is 0 Å². The molecular weight excluding hydrogens is 266 g/mol. The number of amides is 1. The van der Waals surface area contributed by atoms with Crippen molar-refractivity contribution in [2.24, 2.45) is 0 Å². The molecule has 0 aliphatic heterocycles. The highest BCUT2D eigenvalue weighted by molar-refractivity contribution is 9.10. The molecule has 0 saturated heterocycles. The molecule has 0 atom stereocenters. The molecule has 0 aromatic carbocycles. The molecule has 1 rings (SSSR count). The Morgan fingerprint density at radius 1 is 1.53 bits per heavy atom. The number of hydrogen-bond acceptors (Lipinski definition) is 3. The Morgan fingerprint density at radius 2 is 2.27 bits per heavy atom. The summed E-state index contributed by atoms with van der Waals surface area (Å²) in [5, 5.41) is 10.5. The van der Waals surface area contributed by atoms with Crippen LogP contribution in [-0.2, 0) is 9.59 Å². The monoisotopic (exact) mass is 273 g/mol. The molecular formula is C9H8BrNO4. The molecule has 6 heteroatoms. The second-order valence-corrected chi connectivity index (χ2v) is 3.37. The van der Waals surface area contributed by atoms with Crippen molar-refractivity contribution in [3.05, 3.63) is 28.6 Å². The molecule has 1 aromatic heterocycles. The van der Waals surface area contributed by atoms with E-state index >= 15 is 0 Å². The van der Waals surface area contributed by atoms with E-state index in [4.69, 9.17) is 9.52 Å². The summed E-state index contributed by atoms with van der Waals surface area (Å²) in [6.45, 7) is -0.398. The summed E-state index contributed by atoms with van der Waals surface area (Å²) in [6, 6.07) is 3.36. The van der Waals surface area contributed by atoms with Crippen molar-refractivity contribution in [2.75, 3.05) is 6.54 Å².